The second kappa shape index (κ2) is 3.31. The van der Waals surface area contributed by atoms with Gasteiger partial charge in [0.15, 0.2) is 0 Å². The molecule has 3 nitrogen and oxygen atoms in total. The molecule has 3 saturated heterocycles. The minimum Gasteiger partial charge on any atom is -0.316 e. The molecule has 3 rings (SSSR count). The average molecular weight is 194 g/mol. The minimum absolute atomic E-state index is 0.482. The number of hydrogen-bond acceptors (Lipinski definition) is 3. The van der Waals surface area contributed by atoms with Crippen LogP contribution in [0.5, 0.6) is 0 Å². The summed E-state index contributed by atoms with van der Waals surface area (Å²) in [6.07, 6.45) is 2.96. The minimum atomic E-state index is 0.482. The third-order valence-electron chi connectivity index (χ3n) is 4.10. The molecule has 3 aliphatic heterocycles. The first-order valence-corrected chi connectivity index (χ1v) is 5.79. The van der Waals surface area contributed by atoms with Crippen molar-refractivity contribution in [1.29, 1.82) is 0 Å². The molecule has 78 valence electrons. The lowest BCUT2D eigenvalue weighted by Crippen LogP contribution is -2.59. The fourth-order valence-corrected chi connectivity index (χ4v) is 3.42. The molecule has 0 saturated carbocycles. The van der Waals surface area contributed by atoms with Crippen molar-refractivity contribution < 1.29 is 4.79 Å². The van der Waals surface area contributed by atoms with E-state index in [2.05, 4.69) is 10.2 Å². The molecule has 0 radical (unpaired) electrons. The van der Waals surface area contributed by atoms with Crippen LogP contribution in [0.25, 0.3) is 0 Å². The Morgan fingerprint density at radius 2 is 2.29 bits per heavy atom. The number of piperidine rings is 3. The highest BCUT2D eigenvalue weighted by Gasteiger charge is 2.40. The van der Waals surface area contributed by atoms with Crippen molar-refractivity contribution in [3.63, 3.8) is 0 Å². The first-order chi connectivity index (χ1) is 6.83. The van der Waals surface area contributed by atoms with E-state index in [4.69, 9.17) is 0 Å². The Labute approximate surface area is 84.8 Å². The lowest BCUT2D eigenvalue weighted by atomic mass is 9.76. The second-order valence-electron chi connectivity index (χ2n) is 5.08. The Morgan fingerprint density at radius 1 is 1.36 bits per heavy atom. The fourth-order valence-electron chi connectivity index (χ4n) is 3.42. The van der Waals surface area contributed by atoms with Crippen LogP contribution in [0.2, 0.25) is 0 Å². The largest absolute Gasteiger partial charge is 0.316 e. The van der Waals surface area contributed by atoms with Crippen molar-refractivity contribution in [1.82, 2.24) is 10.2 Å². The molecule has 0 aromatic heterocycles. The van der Waals surface area contributed by atoms with Gasteiger partial charge in [-0.1, -0.05) is 0 Å². The standard InChI is InChI=1S/C11H18N2O/c14-10-1-2-13-7-8-3-9(6-12-5-8)11(13)4-10/h8-9,11-12H,1-7H2/t8-,9+,11-/m1/s1. The molecule has 14 heavy (non-hydrogen) atoms. The van der Waals surface area contributed by atoms with E-state index < -0.39 is 0 Å². The zero-order valence-electron chi connectivity index (χ0n) is 8.54. The van der Waals surface area contributed by atoms with Crippen molar-refractivity contribution in [3.8, 4) is 0 Å². The van der Waals surface area contributed by atoms with E-state index in [0.29, 0.717) is 11.8 Å². The van der Waals surface area contributed by atoms with Crippen LogP contribution in [-0.2, 0) is 4.79 Å². The van der Waals surface area contributed by atoms with Crippen molar-refractivity contribution in [2.24, 2.45) is 11.8 Å². The molecule has 3 atom stereocenters. The number of rotatable bonds is 0. The summed E-state index contributed by atoms with van der Waals surface area (Å²) in [6, 6.07) is 0.570. The molecule has 1 N–H and O–H groups in total. The van der Waals surface area contributed by atoms with Crippen molar-refractivity contribution in [3.05, 3.63) is 0 Å². The van der Waals surface area contributed by atoms with Gasteiger partial charge in [0.25, 0.3) is 0 Å². The Hall–Kier alpha value is -0.410. The fraction of sp³-hybridized carbons (Fsp3) is 0.909. The van der Waals surface area contributed by atoms with E-state index in [-0.39, 0.29) is 0 Å². The quantitative estimate of drug-likeness (QED) is 0.600. The topological polar surface area (TPSA) is 32.3 Å². The number of fused-ring (bicyclic) bond motifs is 4. The normalized spacial score (nSPS) is 43.4. The predicted molar refractivity (Wildman–Crippen MR) is 54.1 cm³/mol. The summed E-state index contributed by atoms with van der Waals surface area (Å²) in [7, 11) is 0. The summed E-state index contributed by atoms with van der Waals surface area (Å²) < 4.78 is 0. The van der Waals surface area contributed by atoms with Gasteiger partial charge in [-0.25, -0.2) is 0 Å². The number of nitrogens with zero attached hydrogens (tertiary/aromatic N) is 1. The van der Waals surface area contributed by atoms with E-state index in [1.165, 1.54) is 19.5 Å². The number of nitrogens with one attached hydrogen (secondary N) is 1. The molecule has 0 unspecified atom stereocenters. The van der Waals surface area contributed by atoms with E-state index in [9.17, 15) is 4.79 Å². The van der Waals surface area contributed by atoms with Crippen molar-refractivity contribution >= 4 is 5.78 Å². The lowest BCUT2D eigenvalue weighted by Gasteiger charge is -2.49. The van der Waals surface area contributed by atoms with E-state index >= 15 is 0 Å². The van der Waals surface area contributed by atoms with Gasteiger partial charge < -0.3 is 5.32 Å². The Bertz CT molecular complexity index is 252. The summed E-state index contributed by atoms with van der Waals surface area (Å²) in [6.45, 7) is 4.57. The van der Waals surface area contributed by atoms with E-state index in [1.807, 2.05) is 0 Å². The molecule has 3 aliphatic rings. The Kier molecular flexibility index (Phi) is 2.10. The van der Waals surface area contributed by atoms with E-state index in [1.54, 1.807) is 0 Å². The first-order valence-electron chi connectivity index (χ1n) is 5.79. The molecule has 2 bridgehead atoms. The highest BCUT2D eigenvalue weighted by molar-refractivity contribution is 5.80. The summed E-state index contributed by atoms with van der Waals surface area (Å²) in [5, 5.41) is 3.50. The molecular weight excluding hydrogens is 176 g/mol. The van der Waals surface area contributed by atoms with Crippen LogP contribution in [0.4, 0.5) is 0 Å². The van der Waals surface area contributed by atoms with Gasteiger partial charge in [0.05, 0.1) is 0 Å². The maximum atomic E-state index is 11.4. The average Bonchev–Trinajstić information content (AvgIpc) is 2.20. The highest BCUT2D eigenvalue weighted by atomic mass is 16.1. The van der Waals surface area contributed by atoms with Gasteiger partial charge in [0, 0.05) is 32.0 Å². The van der Waals surface area contributed by atoms with Crippen LogP contribution in [0.3, 0.4) is 0 Å². The van der Waals surface area contributed by atoms with Crippen molar-refractivity contribution in [2.45, 2.75) is 25.3 Å². The summed E-state index contributed by atoms with van der Waals surface area (Å²) in [5.74, 6) is 2.07. The van der Waals surface area contributed by atoms with Gasteiger partial charge in [-0.3, -0.25) is 9.69 Å². The predicted octanol–water partition coefficient (Wildman–Crippen LogP) is 0.259. The number of hydrogen-bond donors (Lipinski definition) is 1. The van der Waals surface area contributed by atoms with Crippen LogP contribution in [-0.4, -0.2) is 42.9 Å². The molecule has 0 aromatic rings. The maximum Gasteiger partial charge on any atom is 0.135 e. The Balaban J connectivity index is 1.78. The monoisotopic (exact) mass is 194 g/mol. The SMILES string of the molecule is O=C1CCN2C[C@H]3CNC[C@H](C3)[C@H]2C1. The highest BCUT2D eigenvalue weighted by Crippen LogP contribution is 2.33. The maximum absolute atomic E-state index is 11.4. The smallest absolute Gasteiger partial charge is 0.135 e. The third-order valence-corrected chi connectivity index (χ3v) is 4.10. The lowest BCUT2D eigenvalue weighted by molar-refractivity contribution is -0.126. The molecular formula is C11H18N2O. The molecule has 0 spiro atoms. The molecule has 0 aliphatic carbocycles. The summed E-state index contributed by atoms with van der Waals surface area (Å²) in [5.41, 5.74) is 0. The van der Waals surface area contributed by atoms with Crippen LogP contribution >= 0.6 is 0 Å². The third kappa shape index (κ3) is 1.39. The zero-order valence-corrected chi connectivity index (χ0v) is 8.54. The number of carbonyl (C=O) groups is 1. The first kappa shape index (κ1) is 8.86. The van der Waals surface area contributed by atoms with Gasteiger partial charge in [-0.05, 0) is 31.3 Å². The van der Waals surface area contributed by atoms with Gasteiger partial charge in [0.1, 0.15) is 5.78 Å². The van der Waals surface area contributed by atoms with Gasteiger partial charge >= 0.3 is 0 Å². The molecule has 3 heterocycles. The molecule has 0 amide bonds. The van der Waals surface area contributed by atoms with Gasteiger partial charge in [0.2, 0.25) is 0 Å². The van der Waals surface area contributed by atoms with E-state index in [0.717, 1.165) is 37.8 Å². The molecule has 3 fully saturated rings. The summed E-state index contributed by atoms with van der Waals surface area (Å²) >= 11 is 0. The van der Waals surface area contributed by atoms with Crippen LogP contribution < -0.4 is 5.32 Å². The Morgan fingerprint density at radius 3 is 3.21 bits per heavy atom. The van der Waals surface area contributed by atoms with Crippen molar-refractivity contribution in [2.75, 3.05) is 26.2 Å². The van der Waals surface area contributed by atoms with Crippen LogP contribution in [0, 0.1) is 11.8 Å². The number of ketones is 1. The second-order valence-corrected chi connectivity index (χ2v) is 5.08. The number of Topliss-reactive ketones (excluding diaryl/α,β-unsaturated/α-hetero) is 1. The molecule has 0 aromatic carbocycles. The van der Waals surface area contributed by atoms with Crippen LogP contribution in [0.15, 0.2) is 0 Å². The zero-order chi connectivity index (χ0) is 9.54. The van der Waals surface area contributed by atoms with Gasteiger partial charge in [-0.2, -0.15) is 0 Å². The van der Waals surface area contributed by atoms with Crippen LogP contribution in [0.1, 0.15) is 19.3 Å². The number of carbonyl (C=O) groups excluding carboxylic acids is 1. The molecule has 3 heteroatoms. The van der Waals surface area contributed by atoms with Gasteiger partial charge in [-0.15, -0.1) is 0 Å². The summed E-state index contributed by atoms with van der Waals surface area (Å²) in [4.78, 5) is 14.0.